The summed E-state index contributed by atoms with van der Waals surface area (Å²) in [6.45, 7) is 4.38. The molecule has 0 aromatic heterocycles. The average Bonchev–Trinajstić information content (AvgIpc) is 2.70. The number of quaternary nitrogens is 1. The van der Waals surface area contributed by atoms with Gasteiger partial charge in [-0.05, 0) is 12.8 Å². The average molecular weight is 481 g/mol. The van der Waals surface area contributed by atoms with Gasteiger partial charge in [-0.15, -0.1) is 0 Å². The number of carbonyl (C=O) groups is 1. The summed E-state index contributed by atoms with van der Waals surface area (Å²) in [4.78, 5) is 24.3. The fourth-order valence-corrected chi connectivity index (χ4v) is 3.91. The maximum atomic E-state index is 12.2. The molecule has 0 saturated heterocycles. The van der Waals surface area contributed by atoms with Crippen molar-refractivity contribution in [3.8, 4) is 0 Å². The number of hydrogen-bond donors (Lipinski definition) is 2. The second kappa shape index (κ2) is 17.9. The number of likely N-dealkylation sites (N-methyl/N-ethyl adjacent to an activating group) is 1. The Hall–Kier alpha value is -0.500. The molecule has 0 aliphatic heterocycles. The van der Waals surface area contributed by atoms with E-state index >= 15 is 0 Å². The lowest BCUT2D eigenvalue weighted by molar-refractivity contribution is -0.870. The van der Waals surface area contributed by atoms with E-state index in [2.05, 4.69) is 12.2 Å². The van der Waals surface area contributed by atoms with Gasteiger partial charge in [0.15, 0.2) is 0 Å². The summed E-state index contributed by atoms with van der Waals surface area (Å²) in [6.07, 6.45) is 10.8. The molecule has 1 amide bonds. The highest BCUT2D eigenvalue weighted by molar-refractivity contribution is 7.45. The van der Waals surface area contributed by atoms with E-state index in [0.717, 1.165) is 32.1 Å². The molecular formula is C23H49N2O6P. The van der Waals surface area contributed by atoms with E-state index in [0.29, 0.717) is 23.9 Å². The summed E-state index contributed by atoms with van der Waals surface area (Å²) >= 11 is 0. The summed E-state index contributed by atoms with van der Waals surface area (Å²) in [5.41, 5.74) is 0. The standard InChI is InChI=1S/C23H49N2O6P/c1-6-8-10-11-12-13-14-15-16-22(26)21(24-23(27)17-9-7-2)20-31-32(28,29)30-19-18-25(3,4)5/h21-22,26H,6-20H2,1-5H3,(H-,24,27,28,29). The first-order valence-corrected chi connectivity index (χ1v) is 13.8. The summed E-state index contributed by atoms with van der Waals surface area (Å²) in [6, 6.07) is -0.784. The van der Waals surface area contributed by atoms with Gasteiger partial charge in [0.2, 0.25) is 5.91 Å². The van der Waals surface area contributed by atoms with Gasteiger partial charge in [-0.2, -0.15) is 0 Å². The number of aliphatic hydroxyl groups is 1. The SMILES string of the molecule is CCCCCCCCCCC(O)C(COP(=O)([O-])OCC[N+](C)(C)C)NC(=O)CCCC. The Morgan fingerprint density at radius 1 is 0.969 bits per heavy atom. The highest BCUT2D eigenvalue weighted by Crippen LogP contribution is 2.38. The van der Waals surface area contributed by atoms with Crippen molar-refractivity contribution < 1.29 is 32.9 Å². The highest BCUT2D eigenvalue weighted by Gasteiger charge is 2.24. The molecule has 0 bridgehead atoms. The monoisotopic (exact) mass is 480 g/mol. The van der Waals surface area contributed by atoms with E-state index in [4.69, 9.17) is 9.05 Å². The molecule has 9 heteroatoms. The van der Waals surface area contributed by atoms with E-state index in [9.17, 15) is 19.4 Å². The fraction of sp³-hybridized carbons (Fsp3) is 0.957. The van der Waals surface area contributed by atoms with Gasteiger partial charge in [0.1, 0.15) is 13.2 Å². The van der Waals surface area contributed by atoms with Gasteiger partial charge in [-0.25, -0.2) is 0 Å². The number of hydrogen-bond acceptors (Lipinski definition) is 6. The lowest BCUT2D eigenvalue weighted by atomic mass is 10.0. The Kier molecular flexibility index (Phi) is 17.6. The Morgan fingerprint density at radius 2 is 1.53 bits per heavy atom. The first-order chi connectivity index (χ1) is 15.0. The van der Waals surface area contributed by atoms with E-state index in [-0.39, 0.29) is 19.1 Å². The molecule has 192 valence electrons. The zero-order chi connectivity index (χ0) is 24.5. The van der Waals surface area contributed by atoms with Gasteiger partial charge in [0.05, 0.1) is 39.9 Å². The number of nitrogens with one attached hydrogen (secondary N) is 1. The number of phosphoric acid groups is 1. The van der Waals surface area contributed by atoms with Crippen LogP contribution in [0, 0.1) is 0 Å². The van der Waals surface area contributed by atoms with Crippen LogP contribution in [-0.4, -0.2) is 68.5 Å². The van der Waals surface area contributed by atoms with Crippen LogP contribution in [0.2, 0.25) is 0 Å². The number of rotatable bonds is 21. The Balaban J connectivity index is 4.55. The molecule has 0 spiro atoms. The maximum Gasteiger partial charge on any atom is 0.268 e. The van der Waals surface area contributed by atoms with Crippen LogP contribution in [0.25, 0.3) is 0 Å². The molecule has 0 rings (SSSR count). The molecule has 0 aromatic carbocycles. The van der Waals surface area contributed by atoms with Gasteiger partial charge >= 0.3 is 0 Å². The smallest absolute Gasteiger partial charge is 0.268 e. The van der Waals surface area contributed by atoms with Crippen molar-refractivity contribution >= 4 is 13.7 Å². The Morgan fingerprint density at radius 3 is 2.09 bits per heavy atom. The normalized spacial score (nSPS) is 15.8. The minimum atomic E-state index is -4.51. The molecule has 0 aliphatic carbocycles. The maximum absolute atomic E-state index is 12.2. The second-order valence-corrected chi connectivity index (χ2v) is 11.1. The summed E-state index contributed by atoms with van der Waals surface area (Å²) in [5.74, 6) is -0.206. The topological polar surface area (TPSA) is 108 Å². The third kappa shape index (κ3) is 19.0. The number of nitrogens with zero attached hydrogens (tertiary/aromatic N) is 1. The van der Waals surface area contributed by atoms with Crippen molar-refractivity contribution in [2.45, 2.75) is 103 Å². The molecule has 0 heterocycles. The summed E-state index contributed by atoms with van der Waals surface area (Å²) < 4.78 is 22.6. The molecule has 0 saturated carbocycles. The van der Waals surface area contributed by atoms with E-state index < -0.39 is 20.0 Å². The van der Waals surface area contributed by atoms with Crippen molar-refractivity contribution in [3.05, 3.63) is 0 Å². The molecule has 2 N–H and O–H groups in total. The first-order valence-electron chi connectivity index (χ1n) is 12.4. The first kappa shape index (κ1) is 31.5. The van der Waals surface area contributed by atoms with Crippen molar-refractivity contribution in [2.24, 2.45) is 0 Å². The Bertz CT molecular complexity index is 527. The zero-order valence-corrected chi connectivity index (χ0v) is 22.0. The van der Waals surface area contributed by atoms with Gasteiger partial charge in [-0.1, -0.05) is 71.6 Å². The molecule has 0 aliphatic rings. The van der Waals surface area contributed by atoms with Gasteiger partial charge < -0.3 is 28.8 Å². The molecule has 3 atom stereocenters. The number of aliphatic hydroxyl groups excluding tert-OH is 1. The fourth-order valence-electron chi connectivity index (χ4n) is 3.19. The molecular weight excluding hydrogens is 431 g/mol. The Labute approximate surface area is 196 Å². The predicted molar refractivity (Wildman–Crippen MR) is 127 cm³/mol. The van der Waals surface area contributed by atoms with Crippen LogP contribution in [0.4, 0.5) is 0 Å². The van der Waals surface area contributed by atoms with Crippen molar-refractivity contribution in [3.63, 3.8) is 0 Å². The largest absolute Gasteiger partial charge is 0.756 e. The van der Waals surface area contributed by atoms with Gasteiger partial charge in [-0.3, -0.25) is 9.36 Å². The quantitative estimate of drug-likeness (QED) is 0.147. The van der Waals surface area contributed by atoms with Crippen LogP contribution in [0.5, 0.6) is 0 Å². The second-order valence-electron chi connectivity index (χ2n) is 9.70. The molecule has 8 nitrogen and oxygen atoms in total. The third-order valence-electron chi connectivity index (χ3n) is 5.35. The van der Waals surface area contributed by atoms with Crippen molar-refractivity contribution in [1.82, 2.24) is 5.32 Å². The zero-order valence-electron chi connectivity index (χ0n) is 21.1. The molecule has 0 radical (unpaired) electrons. The minimum Gasteiger partial charge on any atom is -0.756 e. The van der Waals surface area contributed by atoms with Gasteiger partial charge in [0, 0.05) is 6.42 Å². The van der Waals surface area contributed by atoms with E-state index in [1.54, 1.807) is 0 Å². The predicted octanol–water partition coefficient (Wildman–Crippen LogP) is 3.76. The number of unbranched alkanes of at least 4 members (excludes halogenated alkanes) is 8. The lowest BCUT2D eigenvalue weighted by Crippen LogP contribution is -2.46. The lowest BCUT2D eigenvalue weighted by Gasteiger charge is -2.30. The van der Waals surface area contributed by atoms with Crippen LogP contribution in [0.1, 0.15) is 90.9 Å². The highest BCUT2D eigenvalue weighted by atomic mass is 31.2. The molecule has 0 fully saturated rings. The van der Waals surface area contributed by atoms with E-state index in [1.165, 1.54) is 32.1 Å². The van der Waals surface area contributed by atoms with Crippen molar-refractivity contribution in [1.29, 1.82) is 0 Å². The molecule has 3 unspecified atom stereocenters. The third-order valence-corrected chi connectivity index (χ3v) is 6.31. The molecule has 32 heavy (non-hydrogen) atoms. The number of amides is 1. The summed E-state index contributed by atoms with van der Waals surface area (Å²) in [5, 5.41) is 13.4. The number of phosphoric ester groups is 1. The summed E-state index contributed by atoms with van der Waals surface area (Å²) in [7, 11) is 1.29. The van der Waals surface area contributed by atoms with Crippen LogP contribution < -0.4 is 10.2 Å². The van der Waals surface area contributed by atoms with Crippen LogP contribution in [-0.2, 0) is 18.4 Å². The number of carbonyl (C=O) groups excluding carboxylic acids is 1. The molecule has 0 aromatic rings. The van der Waals surface area contributed by atoms with Crippen LogP contribution in [0.3, 0.4) is 0 Å². The van der Waals surface area contributed by atoms with E-state index in [1.807, 2.05) is 28.1 Å². The van der Waals surface area contributed by atoms with Crippen LogP contribution in [0.15, 0.2) is 0 Å². The van der Waals surface area contributed by atoms with Crippen LogP contribution >= 0.6 is 7.82 Å². The van der Waals surface area contributed by atoms with Gasteiger partial charge in [0.25, 0.3) is 7.82 Å². The van der Waals surface area contributed by atoms with Crippen molar-refractivity contribution in [2.75, 3.05) is 40.9 Å². The minimum absolute atomic E-state index is 0.0125.